The number of benzene rings is 1. The fraction of sp³-hybridized carbons (Fsp3) is 0.300. The van der Waals surface area contributed by atoms with Crippen molar-refractivity contribution in [3.05, 3.63) is 33.8 Å². The van der Waals surface area contributed by atoms with E-state index in [0.29, 0.717) is 0 Å². The summed E-state index contributed by atoms with van der Waals surface area (Å²) in [6.07, 6.45) is -1.00. The summed E-state index contributed by atoms with van der Waals surface area (Å²) in [6.45, 7) is 3.78. The van der Waals surface area contributed by atoms with E-state index < -0.39 is 6.09 Å². The largest absolute Gasteiger partial charge is 0.465 e. The number of halogens is 1. The van der Waals surface area contributed by atoms with E-state index in [1.807, 2.05) is 32.0 Å². The fourth-order valence-electron chi connectivity index (χ4n) is 1.39. The lowest BCUT2D eigenvalue weighted by Gasteiger charge is -2.14. The molecule has 1 rings (SSSR count). The molecule has 0 saturated carbocycles. The number of hydrogen-bond donors (Lipinski definition) is 2. The monoisotopic (exact) mass is 257 g/mol. The Morgan fingerprint density at radius 2 is 2.21 bits per heavy atom. The third kappa shape index (κ3) is 2.73. The first-order chi connectivity index (χ1) is 6.50. The normalized spacial score (nSPS) is 12.2. The van der Waals surface area contributed by atoms with E-state index in [9.17, 15) is 4.79 Å². The molecule has 1 amide bonds. The van der Waals surface area contributed by atoms with Gasteiger partial charge in [-0.15, -0.1) is 0 Å². The lowest BCUT2D eigenvalue weighted by molar-refractivity contribution is 0.191. The summed E-state index contributed by atoms with van der Waals surface area (Å²) in [5.74, 6) is 0. The average molecular weight is 258 g/mol. The summed E-state index contributed by atoms with van der Waals surface area (Å²) >= 11 is 3.36. The van der Waals surface area contributed by atoms with Crippen LogP contribution in [0, 0.1) is 6.92 Å². The zero-order valence-corrected chi connectivity index (χ0v) is 9.63. The van der Waals surface area contributed by atoms with Crippen LogP contribution in [0.4, 0.5) is 4.79 Å². The summed E-state index contributed by atoms with van der Waals surface area (Å²) in [4.78, 5) is 10.4. The molecule has 2 N–H and O–H groups in total. The summed E-state index contributed by atoms with van der Waals surface area (Å²) in [7, 11) is 0. The third-order valence-corrected chi connectivity index (χ3v) is 2.53. The molecule has 4 heteroatoms. The van der Waals surface area contributed by atoms with Gasteiger partial charge in [-0.3, -0.25) is 0 Å². The maximum atomic E-state index is 10.4. The van der Waals surface area contributed by atoms with E-state index in [2.05, 4.69) is 21.2 Å². The number of carbonyl (C=O) groups is 1. The lowest BCUT2D eigenvalue weighted by Crippen LogP contribution is -2.24. The summed E-state index contributed by atoms with van der Waals surface area (Å²) < 4.78 is 1.00. The summed E-state index contributed by atoms with van der Waals surface area (Å²) in [5.41, 5.74) is 2.07. The molecular weight excluding hydrogens is 246 g/mol. The van der Waals surface area contributed by atoms with Crippen molar-refractivity contribution >= 4 is 22.0 Å². The fourth-order valence-corrected chi connectivity index (χ4v) is 1.86. The molecule has 0 saturated heterocycles. The highest BCUT2D eigenvalue weighted by molar-refractivity contribution is 9.10. The first-order valence-electron chi connectivity index (χ1n) is 4.26. The van der Waals surface area contributed by atoms with E-state index in [-0.39, 0.29) is 6.04 Å². The van der Waals surface area contributed by atoms with Crippen molar-refractivity contribution in [2.45, 2.75) is 19.9 Å². The molecular formula is C10H12BrNO2. The number of amides is 1. The number of nitrogens with one attached hydrogen (secondary N) is 1. The smallest absolute Gasteiger partial charge is 0.405 e. The van der Waals surface area contributed by atoms with Crippen LogP contribution >= 0.6 is 15.9 Å². The first-order valence-corrected chi connectivity index (χ1v) is 5.05. The molecule has 0 bridgehead atoms. The minimum atomic E-state index is -1.00. The van der Waals surface area contributed by atoms with Crippen molar-refractivity contribution in [3.8, 4) is 0 Å². The van der Waals surface area contributed by atoms with Crippen LogP contribution < -0.4 is 5.32 Å². The second-order valence-corrected chi connectivity index (χ2v) is 4.09. The highest BCUT2D eigenvalue weighted by Gasteiger charge is 2.10. The summed E-state index contributed by atoms with van der Waals surface area (Å²) in [6, 6.07) is 5.61. The van der Waals surface area contributed by atoms with Gasteiger partial charge in [-0.25, -0.2) is 4.79 Å². The van der Waals surface area contributed by atoms with Gasteiger partial charge >= 0.3 is 6.09 Å². The molecule has 76 valence electrons. The van der Waals surface area contributed by atoms with Crippen molar-refractivity contribution in [2.24, 2.45) is 0 Å². The van der Waals surface area contributed by atoms with Crippen molar-refractivity contribution in [1.82, 2.24) is 5.32 Å². The van der Waals surface area contributed by atoms with Crippen LogP contribution in [-0.2, 0) is 0 Å². The minimum absolute atomic E-state index is 0.180. The second-order valence-electron chi connectivity index (χ2n) is 3.17. The van der Waals surface area contributed by atoms with Crippen molar-refractivity contribution < 1.29 is 9.90 Å². The van der Waals surface area contributed by atoms with Crippen molar-refractivity contribution in [1.29, 1.82) is 0 Å². The molecule has 0 aliphatic heterocycles. The summed E-state index contributed by atoms with van der Waals surface area (Å²) in [5, 5.41) is 11.0. The Bertz CT molecular complexity index is 352. The Labute approximate surface area is 91.3 Å². The van der Waals surface area contributed by atoms with Gasteiger partial charge in [0, 0.05) is 4.47 Å². The van der Waals surface area contributed by atoms with Crippen LogP contribution in [0.3, 0.4) is 0 Å². The topological polar surface area (TPSA) is 49.3 Å². The maximum absolute atomic E-state index is 10.4. The molecule has 0 aliphatic carbocycles. The quantitative estimate of drug-likeness (QED) is 0.856. The molecule has 0 aromatic heterocycles. The molecule has 0 fully saturated rings. The Kier molecular flexibility index (Phi) is 3.52. The lowest BCUT2D eigenvalue weighted by atomic mass is 10.0. The standard InChI is InChI=1S/C10H12BrNO2/c1-6-5-8(11)3-4-9(6)7(2)12-10(13)14/h3-5,7,12H,1-2H3,(H,13,14)/t7-/m1/s1. The van der Waals surface area contributed by atoms with Crippen LogP contribution in [0.25, 0.3) is 0 Å². The van der Waals surface area contributed by atoms with Crippen LogP contribution in [0.15, 0.2) is 22.7 Å². The van der Waals surface area contributed by atoms with Crippen LogP contribution in [0.2, 0.25) is 0 Å². The third-order valence-electron chi connectivity index (χ3n) is 2.04. The van der Waals surface area contributed by atoms with Gasteiger partial charge in [-0.2, -0.15) is 0 Å². The predicted molar refractivity (Wildman–Crippen MR) is 58.5 cm³/mol. The van der Waals surface area contributed by atoms with E-state index in [1.165, 1.54) is 0 Å². The van der Waals surface area contributed by atoms with Crippen molar-refractivity contribution in [3.63, 3.8) is 0 Å². The molecule has 0 unspecified atom stereocenters. The van der Waals surface area contributed by atoms with E-state index >= 15 is 0 Å². The predicted octanol–water partition coefficient (Wildman–Crippen LogP) is 3.09. The zero-order chi connectivity index (χ0) is 10.7. The maximum Gasteiger partial charge on any atom is 0.405 e. The minimum Gasteiger partial charge on any atom is -0.465 e. The molecule has 1 atom stereocenters. The van der Waals surface area contributed by atoms with Gasteiger partial charge in [0.1, 0.15) is 0 Å². The zero-order valence-electron chi connectivity index (χ0n) is 8.04. The Morgan fingerprint density at radius 3 is 2.71 bits per heavy atom. The van der Waals surface area contributed by atoms with Gasteiger partial charge in [0.25, 0.3) is 0 Å². The number of hydrogen-bond acceptors (Lipinski definition) is 1. The number of carboxylic acid groups (broad SMARTS) is 1. The highest BCUT2D eigenvalue weighted by atomic mass is 79.9. The van der Waals surface area contributed by atoms with Gasteiger partial charge in [0.05, 0.1) is 6.04 Å². The van der Waals surface area contributed by atoms with E-state index in [4.69, 9.17) is 5.11 Å². The molecule has 3 nitrogen and oxygen atoms in total. The molecule has 14 heavy (non-hydrogen) atoms. The Balaban J connectivity index is 2.90. The van der Waals surface area contributed by atoms with Crippen LogP contribution in [0.5, 0.6) is 0 Å². The number of aryl methyl sites for hydroxylation is 1. The Hall–Kier alpha value is -1.03. The first kappa shape index (κ1) is 11.0. The average Bonchev–Trinajstić information content (AvgIpc) is 2.01. The Morgan fingerprint density at radius 1 is 1.57 bits per heavy atom. The molecule has 1 aromatic rings. The van der Waals surface area contributed by atoms with Gasteiger partial charge in [0.2, 0.25) is 0 Å². The van der Waals surface area contributed by atoms with Gasteiger partial charge < -0.3 is 10.4 Å². The van der Waals surface area contributed by atoms with Gasteiger partial charge in [-0.1, -0.05) is 22.0 Å². The molecule has 0 aliphatic rings. The van der Waals surface area contributed by atoms with Crippen LogP contribution in [-0.4, -0.2) is 11.2 Å². The molecule has 0 spiro atoms. The van der Waals surface area contributed by atoms with Crippen LogP contribution in [0.1, 0.15) is 24.1 Å². The second kappa shape index (κ2) is 4.46. The molecule has 1 aromatic carbocycles. The highest BCUT2D eigenvalue weighted by Crippen LogP contribution is 2.21. The van der Waals surface area contributed by atoms with E-state index in [1.54, 1.807) is 0 Å². The van der Waals surface area contributed by atoms with Gasteiger partial charge in [0.15, 0.2) is 0 Å². The molecule has 0 heterocycles. The SMILES string of the molecule is Cc1cc(Br)ccc1[C@@H](C)NC(=O)O. The van der Waals surface area contributed by atoms with Crippen molar-refractivity contribution in [2.75, 3.05) is 0 Å². The number of rotatable bonds is 2. The van der Waals surface area contributed by atoms with Gasteiger partial charge in [-0.05, 0) is 37.1 Å². The van der Waals surface area contributed by atoms with E-state index in [0.717, 1.165) is 15.6 Å². The molecule has 0 radical (unpaired) electrons.